The summed E-state index contributed by atoms with van der Waals surface area (Å²) in [5, 5.41) is 1.21. The fraction of sp³-hybridized carbons (Fsp3) is 0.316. The summed E-state index contributed by atoms with van der Waals surface area (Å²) in [6, 6.07) is 6.45. The largest absolute Gasteiger partial charge is 0.384 e. The van der Waals surface area contributed by atoms with Gasteiger partial charge in [0.25, 0.3) is 0 Å². The van der Waals surface area contributed by atoms with Gasteiger partial charge >= 0.3 is 0 Å². The summed E-state index contributed by atoms with van der Waals surface area (Å²) in [6.07, 6.45) is 6.13. The van der Waals surface area contributed by atoms with E-state index in [0.717, 1.165) is 43.4 Å². The van der Waals surface area contributed by atoms with Gasteiger partial charge in [0, 0.05) is 30.3 Å². The van der Waals surface area contributed by atoms with Gasteiger partial charge in [-0.1, -0.05) is 11.6 Å². The van der Waals surface area contributed by atoms with Crippen LogP contribution in [0, 0.1) is 0 Å². The zero-order chi connectivity index (χ0) is 19.9. The molecule has 9 heteroatoms. The quantitative estimate of drug-likeness (QED) is 0.697. The lowest BCUT2D eigenvalue weighted by molar-refractivity contribution is 0.574. The Morgan fingerprint density at radius 3 is 2.57 bits per heavy atom. The summed E-state index contributed by atoms with van der Waals surface area (Å²) in [6.45, 7) is 1.89. The maximum Gasteiger partial charge on any atom is 0.177 e. The van der Waals surface area contributed by atoms with E-state index in [1.807, 2.05) is 0 Å². The molecule has 4 rings (SSSR count). The van der Waals surface area contributed by atoms with E-state index >= 15 is 0 Å². The first-order valence-corrected chi connectivity index (χ1v) is 11.3. The number of hydrogen-bond donors (Lipinski definition) is 1. The third kappa shape index (κ3) is 3.49. The average molecular weight is 418 g/mol. The lowest BCUT2D eigenvalue weighted by Crippen LogP contribution is -2.30. The SMILES string of the molecule is CS(=O)(=O)c1ccc(N)nc1-c1cc2ncnc(N3CCCCC3)c2cc1Cl. The maximum absolute atomic E-state index is 12.2. The molecule has 146 valence electrons. The molecule has 1 aromatic carbocycles. The number of nitrogens with zero attached hydrogens (tertiary/aromatic N) is 4. The van der Waals surface area contributed by atoms with E-state index in [9.17, 15) is 8.42 Å². The van der Waals surface area contributed by atoms with Crippen LogP contribution in [-0.4, -0.2) is 42.7 Å². The van der Waals surface area contributed by atoms with Gasteiger partial charge < -0.3 is 10.6 Å². The molecule has 0 bridgehead atoms. The molecule has 1 fully saturated rings. The van der Waals surface area contributed by atoms with Crippen LogP contribution in [0.15, 0.2) is 35.5 Å². The van der Waals surface area contributed by atoms with Crippen LogP contribution >= 0.6 is 11.6 Å². The number of nitrogens with two attached hydrogens (primary N) is 1. The fourth-order valence-electron chi connectivity index (χ4n) is 3.56. The Kier molecular flexibility index (Phi) is 4.84. The molecule has 3 aromatic rings. The zero-order valence-electron chi connectivity index (χ0n) is 15.4. The van der Waals surface area contributed by atoms with Crippen LogP contribution in [0.3, 0.4) is 0 Å². The van der Waals surface area contributed by atoms with Gasteiger partial charge in [0.05, 0.1) is 21.1 Å². The number of sulfone groups is 1. The molecule has 0 atom stereocenters. The van der Waals surface area contributed by atoms with Gasteiger partial charge in [0.1, 0.15) is 18.0 Å². The van der Waals surface area contributed by atoms with E-state index in [0.29, 0.717) is 16.1 Å². The van der Waals surface area contributed by atoms with Crippen molar-refractivity contribution in [1.29, 1.82) is 0 Å². The Balaban J connectivity index is 1.92. The van der Waals surface area contributed by atoms with Crippen molar-refractivity contribution < 1.29 is 8.42 Å². The van der Waals surface area contributed by atoms with Gasteiger partial charge in [-0.2, -0.15) is 0 Å². The van der Waals surface area contributed by atoms with E-state index < -0.39 is 9.84 Å². The van der Waals surface area contributed by atoms with Gasteiger partial charge in [0.15, 0.2) is 9.84 Å². The highest BCUT2D eigenvalue weighted by molar-refractivity contribution is 7.90. The van der Waals surface area contributed by atoms with Crippen molar-refractivity contribution in [3.63, 3.8) is 0 Å². The average Bonchev–Trinajstić information content (AvgIpc) is 2.66. The van der Waals surface area contributed by atoms with E-state index in [2.05, 4.69) is 19.9 Å². The molecule has 0 spiro atoms. The summed E-state index contributed by atoms with van der Waals surface area (Å²) in [4.78, 5) is 15.4. The number of anilines is 2. The van der Waals surface area contributed by atoms with Crippen molar-refractivity contribution in [2.45, 2.75) is 24.2 Å². The van der Waals surface area contributed by atoms with Crippen molar-refractivity contribution in [2.75, 3.05) is 30.0 Å². The van der Waals surface area contributed by atoms with Crippen molar-refractivity contribution in [1.82, 2.24) is 15.0 Å². The van der Waals surface area contributed by atoms with Crippen molar-refractivity contribution in [2.24, 2.45) is 0 Å². The molecule has 28 heavy (non-hydrogen) atoms. The zero-order valence-corrected chi connectivity index (χ0v) is 17.0. The molecule has 0 radical (unpaired) electrons. The predicted octanol–water partition coefficient (Wildman–Crippen LogP) is 3.32. The Bertz CT molecular complexity index is 1160. The Morgan fingerprint density at radius 2 is 1.86 bits per heavy atom. The molecule has 1 aliphatic heterocycles. The lowest BCUT2D eigenvalue weighted by atomic mass is 10.1. The van der Waals surface area contributed by atoms with Crippen LogP contribution in [0.25, 0.3) is 22.2 Å². The number of halogens is 1. The number of rotatable bonds is 3. The highest BCUT2D eigenvalue weighted by atomic mass is 35.5. The molecular weight excluding hydrogens is 398 g/mol. The number of benzene rings is 1. The van der Waals surface area contributed by atoms with Gasteiger partial charge in [-0.25, -0.2) is 23.4 Å². The Labute approximate surface area is 168 Å². The lowest BCUT2D eigenvalue weighted by Gasteiger charge is -2.28. The standard InChI is InChI=1S/C19H20ClN5O2S/c1-28(26,27)16-5-6-17(21)24-18(16)12-10-15-13(9-14(12)20)19(23-11-22-15)25-7-3-2-4-8-25/h5-6,9-11H,2-4,7-8H2,1H3,(H2,21,24). The van der Waals surface area contributed by atoms with Crippen LogP contribution in [-0.2, 0) is 9.84 Å². The van der Waals surface area contributed by atoms with Gasteiger partial charge in [-0.3, -0.25) is 0 Å². The van der Waals surface area contributed by atoms with Gasteiger partial charge in [0.2, 0.25) is 0 Å². The van der Waals surface area contributed by atoms with Crippen LogP contribution in [0.2, 0.25) is 5.02 Å². The second-order valence-corrected chi connectivity index (χ2v) is 9.34. The van der Waals surface area contributed by atoms with E-state index in [1.54, 1.807) is 12.1 Å². The Hall–Kier alpha value is -2.45. The molecule has 2 N–H and O–H groups in total. The number of fused-ring (bicyclic) bond motifs is 1. The molecule has 1 saturated heterocycles. The first-order valence-electron chi connectivity index (χ1n) is 9.01. The number of nitrogen functional groups attached to an aromatic ring is 1. The van der Waals surface area contributed by atoms with Crippen molar-refractivity contribution in [3.8, 4) is 11.3 Å². The molecule has 0 saturated carbocycles. The van der Waals surface area contributed by atoms with Crippen LogP contribution < -0.4 is 10.6 Å². The first-order chi connectivity index (χ1) is 13.3. The third-order valence-corrected chi connectivity index (χ3v) is 6.33. The van der Waals surface area contributed by atoms with E-state index in [1.165, 1.54) is 24.9 Å². The number of hydrogen-bond acceptors (Lipinski definition) is 7. The fourth-order valence-corrected chi connectivity index (χ4v) is 4.63. The van der Waals surface area contributed by atoms with Crippen LogP contribution in [0.4, 0.5) is 11.6 Å². The van der Waals surface area contributed by atoms with Gasteiger partial charge in [-0.05, 0) is 43.5 Å². The predicted molar refractivity (Wildman–Crippen MR) is 111 cm³/mol. The first kappa shape index (κ1) is 18.9. The van der Waals surface area contributed by atoms with Crippen LogP contribution in [0.1, 0.15) is 19.3 Å². The van der Waals surface area contributed by atoms with Crippen LogP contribution in [0.5, 0.6) is 0 Å². The second-order valence-electron chi connectivity index (χ2n) is 6.95. The third-order valence-electron chi connectivity index (χ3n) is 4.89. The molecule has 0 unspecified atom stereocenters. The van der Waals surface area contributed by atoms with Crippen molar-refractivity contribution >= 4 is 44.0 Å². The second kappa shape index (κ2) is 7.18. The number of pyridine rings is 1. The minimum atomic E-state index is -3.51. The van der Waals surface area contributed by atoms with E-state index in [4.69, 9.17) is 17.3 Å². The van der Waals surface area contributed by atoms with E-state index in [-0.39, 0.29) is 16.4 Å². The summed E-state index contributed by atoms with van der Waals surface area (Å²) in [7, 11) is -3.51. The summed E-state index contributed by atoms with van der Waals surface area (Å²) < 4.78 is 24.4. The summed E-state index contributed by atoms with van der Waals surface area (Å²) in [5.74, 6) is 1.07. The normalized spacial score (nSPS) is 15.1. The Morgan fingerprint density at radius 1 is 1.11 bits per heavy atom. The molecule has 7 nitrogen and oxygen atoms in total. The maximum atomic E-state index is 12.2. The molecule has 0 aliphatic carbocycles. The van der Waals surface area contributed by atoms with Crippen molar-refractivity contribution in [3.05, 3.63) is 35.6 Å². The minimum Gasteiger partial charge on any atom is -0.384 e. The topological polar surface area (TPSA) is 102 Å². The number of aromatic nitrogens is 3. The smallest absolute Gasteiger partial charge is 0.177 e. The molecular formula is C19H20ClN5O2S. The summed E-state index contributed by atoms with van der Waals surface area (Å²) in [5.41, 5.74) is 7.20. The highest BCUT2D eigenvalue weighted by Gasteiger charge is 2.21. The molecule has 2 aromatic heterocycles. The highest BCUT2D eigenvalue weighted by Crippen LogP contribution is 2.37. The molecule has 3 heterocycles. The van der Waals surface area contributed by atoms with Gasteiger partial charge in [-0.15, -0.1) is 0 Å². The monoisotopic (exact) mass is 417 g/mol. The summed E-state index contributed by atoms with van der Waals surface area (Å²) >= 11 is 6.57. The minimum absolute atomic E-state index is 0.0771. The number of piperidine rings is 1. The molecule has 0 amide bonds. The molecule has 1 aliphatic rings.